The highest BCUT2D eigenvalue weighted by Crippen LogP contribution is 2.36. The summed E-state index contributed by atoms with van der Waals surface area (Å²) in [7, 11) is 0. The number of aromatic nitrogens is 2. The minimum atomic E-state index is 0.566. The van der Waals surface area contributed by atoms with Crippen molar-refractivity contribution in [1.82, 2.24) is 9.97 Å². The van der Waals surface area contributed by atoms with Gasteiger partial charge in [-0.3, -0.25) is 0 Å². The van der Waals surface area contributed by atoms with Crippen LogP contribution in [0.3, 0.4) is 0 Å². The van der Waals surface area contributed by atoms with Gasteiger partial charge in [0.1, 0.15) is 16.8 Å². The fourth-order valence-corrected chi connectivity index (χ4v) is 4.04. The number of ether oxygens (including phenoxy) is 1. The summed E-state index contributed by atoms with van der Waals surface area (Å²) in [5, 5.41) is 4.72. The van der Waals surface area contributed by atoms with E-state index in [2.05, 4.69) is 16.4 Å². The Hall–Kier alpha value is -2.38. The van der Waals surface area contributed by atoms with Gasteiger partial charge in [0.2, 0.25) is 0 Å². The molecule has 2 aromatic heterocycles. The van der Waals surface area contributed by atoms with Crippen LogP contribution in [0, 0.1) is 0 Å². The molecule has 0 aliphatic rings. The van der Waals surface area contributed by atoms with Crippen molar-refractivity contribution in [2.75, 3.05) is 17.7 Å². The Kier molecular flexibility index (Phi) is 3.51. The molecule has 0 fully saturated rings. The second kappa shape index (κ2) is 5.68. The first-order valence-electron chi connectivity index (χ1n) is 7.19. The van der Waals surface area contributed by atoms with Gasteiger partial charge in [-0.2, -0.15) is 0 Å². The smallest absolute Gasteiger partial charge is 0.188 e. The fourth-order valence-electron chi connectivity index (χ4n) is 2.42. The van der Waals surface area contributed by atoms with Crippen LogP contribution in [0.5, 0.6) is 5.75 Å². The summed E-state index contributed by atoms with van der Waals surface area (Å²) in [5.41, 5.74) is 8.47. The average molecular weight is 342 g/mol. The molecular formula is C16H14N4OS2. The molecule has 0 saturated heterocycles. The molecule has 0 saturated carbocycles. The van der Waals surface area contributed by atoms with Crippen LogP contribution >= 0.6 is 22.7 Å². The Balaban J connectivity index is 1.76. The van der Waals surface area contributed by atoms with Crippen LogP contribution in [0.15, 0.2) is 36.4 Å². The van der Waals surface area contributed by atoms with Crippen LogP contribution in [-0.2, 0) is 0 Å². The molecule has 0 unspecified atom stereocenters. The monoisotopic (exact) mass is 342 g/mol. The first-order chi connectivity index (χ1) is 11.2. The molecule has 5 nitrogen and oxygen atoms in total. The van der Waals surface area contributed by atoms with E-state index in [1.165, 1.54) is 11.3 Å². The van der Waals surface area contributed by atoms with Gasteiger partial charge in [0.25, 0.3) is 0 Å². The quantitative estimate of drug-likeness (QED) is 0.565. The van der Waals surface area contributed by atoms with Crippen molar-refractivity contribution in [2.24, 2.45) is 0 Å². The first kappa shape index (κ1) is 14.2. The van der Waals surface area contributed by atoms with Gasteiger partial charge in [-0.25, -0.2) is 9.97 Å². The molecule has 0 atom stereocenters. The summed E-state index contributed by atoms with van der Waals surface area (Å²) in [4.78, 5) is 9.09. The number of thiazole rings is 2. The van der Waals surface area contributed by atoms with Gasteiger partial charge >= 0.3 is 0 Å². The van der Waals surface area contributed by atoms with Gasteiger partial charge in [-0.15, -0.1) is 0 Å². The number of nitrogens with zero attached hydrogens (tertiary/aromatic N) is 2. The zero-order chi connectivity index (χ0) is 15.8. The third kappa shape index (κ3) is 2.58. The highest BCUT2D eigenvalue weighted by Gasteiger charge is 2.12. The van der Waals surface area contributed by atoms with Crippen LogP contribution in [0.2, 0.25) is 0 Å². The lowest BCUT2D eigenvalue weighted by molar-refractivity contribution is 0.342. The van der Waals surface area contributed by atoms with E-state index in [4.69, 9.17) is 15.5 Å². The van der Waals surface area contributed by atoms with Gasteiger partial charge in [-0.05, 0) is 31.2 Å². The Labute approximate surface area is 140 Å². The van der Waals surface area contributed by atoms with Crippen LogP contribution in [0.1, 0.15) is 6.92 Å². The van der Waals surface area contributed by atoms with E-state index in [1.54, 1.807) is 11.3 Å². The van der Waals surface area contributed by atoms with Crippen molar-refractivity contribution in [3.63, 3.8) is 0 Å². The second-order valence-electron chi connectivity index (χ2n) is 4.88. The summed E-state index contributed by atoms with van der Waals surface area (Å²) in [6.07, 6.45) is 0. The molecule has 23 heavy (non-hydrogen) atoms. The number of para-hydroxylation sites is 2. The van der Waals surface area contributed by atoms with E-state index in [0.29, 0.717) is 11.7 Å². The van der Waals surface area contributed by atoms with Gasteiger partial charge in [0, 0.05) is 0 Å². The number of rotatable bonds is 4. The van der Waals surface area contributed by atoms with Crippen molar-refractivity contribution in [1.29, 1.82) is 0 Å². The number of benzene rings is 2. The molecule has 0 radical (unpaired) electrons. The van der Waals surface area contributed by atoms with E-state index >= 15 is 0 Å². The van der Waals surface area contributed by atoms with E-state index in [-0.39, 0.29) is 0 Å². The molecule has 2 heterocycles. The number of hydrogen-bond donors (Lipinski definition) is 2. The van der Waals surface area contributed by atoms with E-state index in [9.17, 15) is 0 Å². The standard InChI is InChI=1S/C16H14N4OS2/c1-2-21-10-6-4-3-5-9(10)18-16-20-14-12(23-16)8-7-11-13(14)19-15(17)22-11/h3-8H,2H2,1H3,(H2,17,19)(H,18,20). The molecule has 0 amide bonds. The third-order valence-electron chi connectivity index (χ3n) is 3.36. The largest absolute Gasteiger partial charge is 0.492 e. The van der Waals surface area contributed by atoms with Gasteiger partial charge in [0.05, 0.1) is 21.7 Å². The summed E-state index contributed by atoms with van der Waals surface area (Å²) < 4.78 is 7.78. The predicted octanol–water partition coefficient (Wildman–Crippen LogP) is 4.63. The Morgan fingerprint density at radius 3 is 2.61 bits per heavy atom. The lowest BCUT2D eigenvalue weighted by atomic mass is 10.3. The van der Waals surface area contributed by atoms with Gasteiger partial charge in [-0.1, -0.05) is 34.8 Å². The van der Waals surface area contributed by atoms with Crippen LogP contribution in [-0.4, -0.2) is 16.6 Å². The Morgan fingerprint density at radius 1 is 1.04 bits per heavy atom. The SMILES string of the molecule is CCOc1ccccc1Nc1nc2c(ccc3sc(N)nc32)s1. The summed E-state index contributed by atoms with van der Waals surface area (Å²) in [6.45, 7) is 2.59. The Morgan fingerprint density at radius 2 is 1.78 bits per heavy atom. The normalized spacial score (nSPS) is 11.2. The molecular weight excluding hydrogens is 328 g/mol. The summed E-state index contributed by atoms with van der Waals surface area (Å²) in [6, 6.07) is 12.0. The van der Waals surface area contributed by atoms with Crippen molar-refractivity contribution in [2.45, 2.75) is 6.92 Å². The topological polar surface area (TPSA) is 73.1 Å². The molecule has 0 spiro atoms. The number of nitrogens with two attached hydrogens (primary N) is 1. The minimum absolute atomic E-state index is 0.566. The average Bonchev–Trinajstić information content (AvgIpc) is 3.11. The van der Waals surface area contributed by atoms with Crippen molar-refractivity contribution >= 4 is 59.1 Å². The molecule has 7 heteroatoms. The summed E-state index contributed by atoms with van der Waals surface area (Å²) in [5.74, 6) is 0.817. The molecule has 4 rings (SSSR count). The van der Waals surface area contributed by atoms with E-state index < -0.39 is 0 Å². The maximum atomic E-state index is 5.82. The molecule has 0 aliphatic carbocycles. The molecule has 2 aromatic carbocycles. The number of nitrogens with one attached hydrogen (secondary N) is 1. The second-order valence-corrected chi connectivity index (χ2v) is 6.98. The van der Waals surface area contributed by atoms with Crippen LogP contribution in [0.25, 0.3) is 20.4 Å². The third-order valence-corrected chi connectivity index (χ3v) is 5.15. The fraction of sp³-hybridized carbons (Fsp3) is 0.125. The zero-order valence-electron chi connectivity index (χ0n) is 12.4. The summed E-state index contributed by atoms with van der Waals surface area (Å²) >= 11 is 3.07. The lowest BCUT2D eigenvalue weighted by Gasteiger charge is -2.09. The maximum Gasteiger partial charge on any atom is 0.188 e. The number of fused-ring (bicyclic) bond motifs is 3. The Bertz CT molecular complexity index is 992. The number of hydrogen-bond acceptors (Lipinski definition) is 7. The number of nitrogen functional groups attached to an aromatic ring is 1. The predicted molar refractivity (Wildman–Crippen MR) is 98.1 cm³/mol. The first-order valence-corrected chi connectivity index (χ1v) is 8.82. The maximum absolute atomic E-state index is 5.82. The van der Waals surface area contributed by atoms with Crippen molar-refractivity contribution < 1.29 is 4.74 Å². The van der Waals surface area contributed by atoms with Gasteiger partial charge < -0.3 is 15.8 Å². The molecule has 0 bridgehead atoms. The van der Waals surface area contributed by atoms with Crippen molar-refractivity contribution in [3.05, 3.63) is 36.4 Å². The molecule has 3 N–H and O–H groups in total. The molecule has 116 valence electrons. The van der Waals surface area contributed by atoms with E-state index in [1.807, 2.05) is 37.3 Å². The minimum Gasteiger partial charge on any atom is -0.492 e. The lowest BCUT2D eigenvalue weighted by Crippen LogP contribution is -1.97. The van der Waals surface area contributed by atoms with Crippen LogP contribution in [0.4, 0.5) is 16.0 Å². The highest BCUT2D eigenvalue weighted by atomic mass is 32.1. The van der Waals surface area contributed by atoms with Crippen LogP contribution < -0.4 is 15.8 Å². The van der Waals surface area contributed by atoms with Crippen molar-refractivity contribution in [3.8, 4) is 5.75 Å². The number of anilines is 3. The van der Waals surface area contributed by atoms with E-state index in [0.717, 1.165) is 37.0 Å². The molecule has 4 aromatic rings. The molecule has 0 aliphatic heterocycles. The highest BCUT2D eigenvalue weighted by molar-refractivity contribution is 7.23. The zero-order valence-corrected chi connectivity index (χ0v) is 14.0. The van der Waals surface area contributed by atoms with Gasteiger partial charge in [0.15, 0.2) is 10.3 Å².